The minimum atomic E-state index is 0.215. The van der Waals surface area contributed by atoms with E-state index in [1.54, 1.807) is 24.3 Å². The van der Waals surface area contributed by atoms with E-state index < -0.39 is 0 Å². The van der Waals surface area contributed by atoms with Gasteiger partial charge >= 0.3 is 0 Å². The summed E-state index contributed by atoms with van der Waals surface area (Å²) in [4.78, 5) is 4.49. The number of aryl methyl sites for hydroxylation is 1. The normalized spacial score (nSPS) is 10.3. The number of thiocarbonyl (C=S) groups is 1. The van der Waals surface area contributed by atoms with Crippen LogP contribution in [-0.2, 0) is 0 Å². The number of hydrogen-bond donors (Lipinski definition) is 1. The van der Waals surface area contributed by atoms with Gasteiger partial charge in [0.1, 0.15) is 10.7 Å². The van der Waals surface area contributed by atoms with Gasteiger partial charge in [0.15, 0.2) is 0 Å². The lowest BCUT2D eigenvalue weighted by Crippen LogP contribution is -2.12. The molecular formula is C13H10Cl2N2OS. The molecule has 2 rings (SSSR count). The second kappa shape index (κ2) is 5.74. The Hall–Kier alpha value is -1.36. The van der Waals surface area contributed by atoms with Crippen LogP contribution in [0.1, 0.15) is 11.3 Å². The Labute approximate surface area is 126 Å². The molecule has 1 aromatic carbocycles. The molecule has 19 heavy (non-hydrogen) atoms. The average molecular weight is 313 g/mol. The van der Waals surface area contributed by atoms with Crippen LogP contribution in [0, 0.1) is 6.92 Å². The molecule has 0 saturated heterocycles. The van der Waals surface area contributed by atoms with Gasteiger partial charge in [0.05, 0.1) is 10.6 Å². The van der Waals surface area contributed by atoms with Gasteiger partial charge in [-0.25, -0.2) is 4.98 Å². The highest BCUT2D eigenvalue weighted by molar-refractivity contribution is 7.80. The van der Waals surface area contributed by atoms with E-state index in [1.165, 1.54) is 0 Å². The number of hydrogen-bond acceptors (Lipinski definition) is 3. The minimum Gasteiger partial charge on any atom is -0.437 e. The number of benzene rings is 1. The summed E-state index contributed by atoms with van der Waals surface area (Å²) in [6, 6.07) is 8.51. The predicted octanol–water partition coefficient (Wildman–Crippen LogP) is 4.12. The maximum atomic E-state index is 6.05. The van der Waals surface area contributed by atoms with Gasteiger partial charge in [-0.2, -0.15) is 0 Å². The second-order valence-electron chi connectivity index (χ2n) is 3.85. The Balaban J connectivity index is 2.42. The molecule has 0 aliphatic heterocycles. The number of pyridine rings is 1. The fourth-order valence-corrected chi connectivity index (χ4v) is 2.06. The van der Waals surface area contributed by atoms with Crippen LogP contribution in [0.2, 0.25) is 10.0 Å². The fourth-order valence-electron chi connectivity index (χ4n) is 1.46. The van der Waals surface area contributed by atoms with Crippen molar-refractivity contribution < 1.29 is 4.74 Å². The van der Waals surface area contributed by atoms with Gasteiger partial charge in [0, 0.05) is 10.7 Å². The van der Waals surface area contributed by atoms with E-state index in [-0.39, 0.29) is 4.99 Å². The van der Waals surface area contributed by atoms with Crippen molar-refractivity contribution in [3.63, 3.8) is 0 Å². The third-order valence-corrected chi connectivity index (χ3v) is 3.12. The van der Waals surface area contributed by atoms with E-state index in [4.69, 9.17) is 45.9 Å². The largest absolute Gasteiger partial charge is 0.437 e. The first-order valence-electron chi connectivity index (χ1n) is 5.37. The minimum absolute atomic E-state index is 0.215. The van der Waals surface area contributed by atoms with Crippen LogP contribution < -0.4 is 10.5 Å². The van der Waals surface area contributed by atoms with Crippen molar-refractivity contribution in [2.45, 2.75) is 6.92 Å². The molecule has 6 heteroatoms. The van der Waals surface area contributed by atoms with Crippen molar-refractivity contribution in [3.8, 4) is 11.6 Å². The van der Waals surface area contributed by atoms with Crippen molar-refractivity contribution in [2.24, 2.45) is 5.73 Å². The van der Waals surface area contributed by atoms with E-state index in [1.807, 2.05) is 13.0 Å². The highest BCUT2D eigenvalue weighted by Crippen LogP contribution is 2.32. The van der Waals surface area contributed by atoms with Crippen molar-refractivity contribution in [3.05, 3.63) is 51.6 Å². The smallest absolute Gasteiger partial charge is 0.229 e. The number of nitrogens with zero attached hydrogens (tertiary/aromatic N) is 1. The van der Waals surface area contributed by atoms with E-state index in [2.05, 4.69) is 4.98 Å². The second-order valence-corrected chi connectivity index (χ2v) is 5.13. The molecule has 3 nitrogen and oxygen atoms in total. The molecule has 98 valence electrons. The van der Waals surface area contributed by atoms with Crippen LogP contribution in [0.4, 0.5) is 0 Å². The first-order chi connectivity index (χ1) is 8.97. The molecule has 1 aromatic heterocycles. The zero-order valence-corrected chi connectivity index (χ0v) is 12.3. The third-order valence-electron chi connectivity index (χ3n) is 2.37. The van der Waals surface area contributed by atoms with Crippen molar-refractivity contribution in [2.75, 3.05) is 0 Å². The van der Waals surface area contributed by atoms with Crippen LogP contribution in [-0.4, -0.2) is 9.97 Å². The molecule has 0 fully saturated rings. The maximum absolute atomic E-state index is 6.05. The van der Waals surface area contributed by atoms with Gasteiger partial charge in [-0.1, -0.05) is 35.4 Å². The molecule has 0 atom stereocenters. The van der Waals surface area contributed by atoms with E-state index >= 15 is 0 Å². The molecule has 0 aliphatic rings. The van der Waals surface area contributed by atoms with Gasteiger partial charge in [-0.05, 0) is 37.3 Å². The summed E-state index contributed by atoms with van der Waals surface area (Å²) in [6.07, 6.45) is 0. The van der Waals surface area contributed by atoms with Gasteiger partial charge in [0.2, 0.25) is 5.88 Å². The van der Waals surface area contributed by atoms with Crippen molar-refractivity contribution in [1.82, 2.24) is 4.98 Å². The van der Waals surface area contributed by atoms with E-state index in [0.29, 0.717) is 27.2 Å². The molecule has 0 spiro atoms. The van der Waals surface area contributed by atoms with Crippen LogP contribution >= 0.6 is 35.4 Å². The lowest BCUT2D eigenvalue weighted by molar-refractivity contribution is 0.461. The summed E-state index contributed by atoms with van der Waals surface area (Å²) in [5.74, 6) is 0.776. The first-order valence-corrected chi connectivity index (χ1v) is 6.54. The Kier molecular flexibility index (Phi) is 4.24. The van der Waals surface area contributed by atoms with Gasteiger partial charge < -0.3 is 10.5 Å². The standard InChI is InChI=1S/C13H10Cl2N2OS/c1-7-2-4-9(12(16)19)13(17-7)18-11-5-3-8(14)6-10(11)15/h2-6H,1H3,(H2,16,19). The molecule has 2 N–H and O–H groups in total. The molecule has 0 bridgehead atoms. The molecule has 0 unspecified atom stereocenters. The highest BCUT2D eigenvalue weighted by atomic mass is 35.5. The van der Waals surface area contributed by atoms with Crippen LogP contribution in [0.15, 0.2) is 30.3 Å². The molecule has 0 aliphatic carbocycles. The van der Waals surface area contributed by atoms with Gasteiger partial charge in [-0.15, -0.1) is 0 Å². The highest BCUT2D eigenvalue weighted by Gasteiger charge is 2.12. The van der Waals surface area contributed by atoms with Crippen LogP contribution in [0.5, 0.6) is 11.6 Å². The van der Waals surface area contributed by atoms with Crippen LogP contribution in [0.3, 0.4) is 0 Å². The molecule has 1 heterocycles. The van der Waals surface area contributed by atoms with Crippen molar-refractivity contribution in [1.29, 1.82) is 0 Å². The summed E-state index contributed by atoms with van der Waals surface area (Å²) >= 11 is 16.8. The quantitative estimate of drug-likeness (QED) is 0.866. The Morgan fingerprint density at radius 3 is 2.63 bits per heavy atom. The first kappa shape index (κ1) is 14.1. The fraction of sp³-hybridized carbons (Fsp3) is 0.0769. The summed E-state index contributed by atoms with van der Waals surface area (Å²) in [5.41, 5.74) is 6.99. The van der Waals surface area contributed by atoms with Crippen molar-refractivity contribution >= 4 is 40.4 Å². The SMILES string of the molecule is Cc1ccc(C(N)=S)c(Oc2ccc(Cl)cc2Cl)n1. The monoisotopic (exact) mass is 312 g/mol. The number of aromatic nitrogens is 1. The zero-order valence-electron chi connectivity index (χ0n) is 9.98. The number of rotatable bonds is 3. The van der Waals surface area contributed by atoms with E-state index in [9.17, 15) is 0 Å². The molecule has 0 radical (unpaired) electrons. The number of ether oxygens (including phenoxy) is 1. The van der Waals surface area contributed by atoms with Gasteiger partial charge in [-0.3, -0.25) is 0 Å². The summed E-state index contributed by atoms with van der Waals surface area (Å²) in [7, 11) is 0. The Bertz CT molecular complexity index is 647. The lowest BCUT2D eigenvalue weighted by Gasteiger charge is -2.11. The average Bonchev–Trinajstić information content (AvgIpc) is 2.32. The summed E-state index contributed by atoms with van der Waals surface area (Å²) < 4.78 is 5.67. The number of nitrogens with two attached hydrogens (primary N) is 1. The molecule has 0 saturated carbocycles. The molecule has 2 aromatic rings. The molecular weight excluding hydrogens is 303 g/mol. The third kappa shape index (κ3) is 3.35. The number of halogens is 2. The predicted molar refractivity (Wildman–Crippen MR) is 81.4 cm³/mol. The van der Waals surface area contributed by atoms with E-state index in [0.717, 1.165) is 5.69 Å². The topological polar surface area (TPSA) is 48.1 Å². The lowest BCUT2D eigenvalue weighted by atomic mass is 10.2. The summed E-state index contributed by atoms with van der Waals surface area (Å²) in [6.45, 7) is 1.85. The van der Waals surface area contributed by atoms with Gasteiger partial charge in [0.25, 0.3) is 0 Å². The Morgan fingerprint density at radius 2 is 2.00 bits per heavy atom. The van der Waals surface area contributed by atoms with Crippen LogP contribution in [0.25, 0.3) is 0 Å². The molecule has 0 amide bonds. The summed E-state index contributed by atoms with van der Waals surface area (Å²) in [5, 5.41) is 0.925. The zero-order chi connectivity index (χ0) is 14.0. The Morgan fingerprint density at radius 1 is 1.26 bits per heavy atom. The maximum Gasteiger partial charge on any atom is 0.229 e.